The fourth-order valence-corrected chi connectivity index (χ4v) is 4.36. The smallest absolute Gasteiger partial charge is 0.258 e. The van der Waals surface area contributed by atoms with E-state index in [0.29, 0.717) is 27.0 Å². The number of carbonyl (C=O) groups is 1. The molecule has 0 aliphatic rings. The van der Waals surface area contributed by atoms with E-state index in [1.54, 1.807) is 60.7 Å². The van der Waals surface area contributed by atoms with E-state index in [1.165, 1.54) is 4.31 Å². The lowest BCUT2D eigenvalue weighted by Crippen LogP contribution is -2.31. The Kier molecular flexibility index (Phi) is 8.24. The van der Waals surface area contributed by atoms with Crippen LogP contribution in [0.1, 0.15) is 24.1 Å². The molecule has 0 heterocycles. The molecule has 0 aliphatic carbocycles. The predicted molar refractivity (Wildman–Crippen MR) is 132 cm³/mol. The lowest BCUT2D eigenvalue weighted by molar-refractivity contribution is -0.123. The topological polar surface area (TPSA) is 75.7 Å². The van der Waals surface area contributed by atoms with Crippen molar-refractivity contribution in [1.82, 2.24) is 5.32 Å². The molecule has 0 spiro atoms. The van der Waals surface area contributed by atoms with Crippen LogP contribution in [0.3, 0.4) is 0 Å². The first-order chi connectivity index (χ1) is 15.6. The number of hydrogen-bond donors (Lipinski definition) is 1. The largest absolute Gasteiger partial charge is 0.484 e. The Morgan fingerprint density at radius 3 is 2.24 bits per heavy atom. The van der Waals surface area contributed by atoms with Gasteiger partial charge in [-0.2, -0.15) is 0 Å². The minimum Gasteiger partial charge on any atom is -0.484 e. The summed E-state index contributed by atoms with van der Waals surface area (Å²) >= 11 is 12.1. The van der Waals surface area contributed by atoms with Crippen LogP contribution in [-0.2, 0) is 21.4 Å². The van der Waals surface area contributed by atoms with Crippen LogP contribution in [-0.4, -0.2) is 27.2 Å². The Balaban J connectivity index is 1.61. The summed E-state index contributed by atoms with van der Waals surface area (Å²) < 4.78 is 31.6. The van der Waals surface area contributed by atoms with E-state index in [9.17, 15) is 13.2 Å². The Morgan fingerprint density at radius 1 is 1.00 bits per heavy atom. The van der Waals surface area contributed by atoms with E-state index in [4.69, 9.17) is 27.9 Å². The molecule has 0 saturated carbocycles. The summed E-state index contributed by atoms with van der Waals surface area (Å²) in [5, 5.41) is 3.98. The summed E-state index contributed by atoms with van der Waals surface area (Å²) in [5.41, 5.74) is 2.08. The summed E-state index contributed by atoms with van der Waals surface area (Å²) in [6, 6.07) is 20.6. The molecule has 0 saturated heterocycles. The monoisotopic (exact) mass is 506 g/mol. The quantitative estimate of drug-likeness (QED) is 0.431. The highest BCUT2D eigenvalue weighted by atomic mass is 35.5. The van der Waals surface area contributed by atoms with E-state index in [-0.39, 0.29) is 25.1 Å². The van der Waals surface area contributed by atoms with Crippen molar-refractivity contribution in [3.8, 4) is 5.75 Å². The standard InChI is InChI=1S/C24H24Cl2N2O4S/c1-17(18-7-9-20(25)10-8-18)27-24(29)16-32-22-13-11-21(12-14-22)28(33(2,30)31)15-19-5-3-4-6-23(19)26/h3-14,17H,15-16H2,1-2H3,(H,27,29)/t17-/m0/s1. The summed E-state index contributed by atoms with van der Waals surface area (Å²) in [6.07, 6.45) is 1.14. The summed E-state index contributed by atoms with van der Waals surface area (Å²) in [4.78, 5) is 12.2. The fraction of sp³-hybridized carbons (Fsp3) is 0.208. The van der Waals surface area contributed by atoms with Gasteiger partial charge in [0.25, 0.3) is 5.91 Å². The van der Waals surface area contributed by atoms with E-state index in [1.807, 2.05) is 19.1 Å². The van der Waals surface area contributed by atoms with Gasteiger partial charge in [0.05, 0.1) is 24.5 Å². The molecule has 0 bridgehead atoms. The van der Waals surface area contributed by atoms with Crippen LogP contribution in [0.15, 0.2) is 72.8 Å². The maximum absolute atomic E-state index is 12.4. The van der Waals surface area contributed by atoms with Crippen molar-refractivity contribution >= 4 is 44.8 Å². The third kappa shape index (κ3) is 7.12. The van der Waals surface area contributed by atoms with Crippen molar-refractivity contribution in [3.63, 3.8) is 0 Å². The van der Waals surface area contributed by atoms with Crippen LogP contribution in [0.25, 0.3) is 0 Å². The molecule has 3 aromatic carbocycles. The average molecular weight is 507 g/mol. The molecule has 0 aliphatic heterocycles. The Bertz CT molecular complexity index is 1200. The summed E-state index contributed by atoms with van der Waals surface area (Å²) in [5.74, 6) is 0.164. The van der Waals surface area contributed by atoms with E-state index in [2.05, 4.69) is 5.32 Å². The van der Waals surface area contributed by atoms with Gasteiger partial charge in [0.1, 0.15) is 5.75 Å². The van der Waals surface area contributed by atoms with E-state index >= 15 is 0 Å². The molecule has 1 amide bonds. The number of ether oxygens (including phenoxy) is 1. The highest BCUT2D eigenvalue weighted by Gasteiger charge is 2.19. The number of nitrogens with one attached hydrogen (secondary N) is 1. The number of anilines is 1. The number of rotatable bonds is 9. The molecule has 6 nitrogen and oxygen atoms in total. The van der Waals surface area contributed by atoms with Gasteiger partial charge in [-0.05, 0) is 60.5 Å². The molecular weight excluding hydrogens is 483 g/mol. The molecule has 174 valence electrons. The van der Waals surface area contributed by atoms with Crippen LogP contribution in [0.5, 0.6) is 5.75 Å². The zero-order valence-electron chi connectivity index (χ0n) is 18.2. The second-order valence-electron chi connectivity index (χ2n) is 7.48. The average Bonchev–Trinajstić information content (AvgIpc) is 2.77. The fourth-order valence-electron chi connectivity index (χ4n) is 3.16. The molecule has 3 aromatic rings. The first-order valence-corrected chi connectivity index (χ1v) is 12.7. The van der Waals surface area contributed by atoms with Crippen LogP contribution in [0.4, 0.5) is 5.69 Å². The maximum atomic E-state index is 12.4. The van der Waals surface area contributed by atoms with Gasteiger partial charge >= 0.3 is 0 Å². The van der Waals surface area contributed by atoms with Gasteiger partial charge in [-0.1, -0.05) is 53.5 Å². The molecule has 0 radical (unpaired) electrons. The minimum atomic E-state index is -3.55. The van der Waals surface area contributed by atoms with Crippen LogP contribution in [0, 0.1) is 0 Å². The number of carbonyl (C=O) groups excluding carboxylic acids is 1. The van der Waals surface area contributed by atoms with Gasteiger partial charge in [0.2, 0.25) is 10.0 Å². The van der Waals surface area contributed by atoms with Gasteiger partial charge in [0.15, 0.2) is 6.61 Å². The first kappa shape index (κ1) is 24.9. The number of amides is 1. The lowest BCUT2D eigenvalue weighted by atomic mass is 10.1. The van der Waals surface area contributed by atoms with Gasteiger partial charge in [-0.15, -0.1) is 0 Å². The Labute approximate surface area is 204 Å². The third-order valence-corrected chi connectivity index (χ3v) is 6.68. The number of halogens is 2. The molecule has 33 heavy (non-hydrogen) atoms. The SMILES string of the molecule is C[C@H](NC(=O)COc1ccc(N(Cc2ccccc2Cl)S(C)(=O)=O)cc1)c1ccc(Cl)cc1. The maximum Gasteiger partial charge on any atom is 0.258 e. The lowest BCUT2D eigenvalue weighted by Gasteiger charge is -2.23. The highest BCUT2D eigenvalue weighted by molar-refractivity contribution is 7.92. The molecular formula is C24H24Cl2N2O4S. The molecule has 9 heteroatoms. The third-order valence-electron chi connectivity index (χ3n) is 4.91. The van der Waals surface area contributed by atoms with Gasteiger partial charge < -0.3 is 10.1 Å². The number of nitrogens with zero attached hydrogens (tertiary/aromatic N) is 1. The van der Waals surface area contributed by atoms with Crippen molar-refractivity contribution in [1.29, 1.82) is 0 Å². The number of sulfonamides is 1. The second kappa shape index (κ2) is 10.9. The van der Waals surface area contributed by atoms with E-state index in [0.717, 1.165) is 11.8 Å². The van der Waals surface area contributed by atoms with Crippen molar-refractivity contribution in [3.05, 3.63) is 94.0 Å². The van der Waals surface area contributed by atoms with Crippen LogP contribution >= 0.6 is 23.2 Å². The van der Waals surface area contributed by atoms with Crippen molar-refractivity contribution in [2.75, 3.05) is 17.2 Å². The molecule has 1 atom stereocenters. The summed E-state index contributed by atoms with van der Waals surface area (Å²) in [6.45, 7) is 1.80. The Hall–Kier alpha value is -2.74. The second-order valence-corrected chi connectivity index (χ2v) is 10.2. The number of hydrogen-bond acceptors (Lipinski definition) is 4. The number of benzene rings is 3. The normalized spacial score (nSPS) is 12.1. The van der Waals surface area contributed by atoms with Gasteiger partial charge in [-0.25, -0.2) is 8.42 Å². The molecule has 0 aromatic heterocycles. The molecule has 0 unspecified atom stereocenters. The molecule has 1 N–H and O–H groups in total. The van der Waals surface area contributed by atoms with E-state index < -0.39 is 10.0 Å². The van der Waals surface area contributed by atoms with Crippen LogP contribution < -0.4 is 14.4 Å². The molecule has 3 rings (SSSR count). The van der Waals surface area contributed by atoms with Crippen molar-refractivity contribution in [2.24, 2.45) is 0 Å². The van der Waals surface area contributed by atoms with Gasteiger partial charge in [-0.3, -0.25) is 9.10 Å². The Morgan fingerprint density at radius 2 is 1.64 bits per heavy atom. The van der Waals surface area contributed by atoms with Crippen molar-refractivity contribution in [2.45, 2.75) is 19.5 Å². The van der Waals surface area contributed by atoms with Crippen LogP contribution in [0.2, 0.25) is 10.0 Å². The first-order valence-electron chi connectivity index (χ1n) is 10.1. The van der Waals surface area contributed by atoms with Crippen molar-refractivity contribution < 1.29 is 17.9 Å². The summed E-state index contributed by atoms with van der Waals surface area (Å²) in [7, 11) is -3.55. The molecule has 0 fully saturated rings. The highest BCUT2D eigenvalue weighted by Crippen LogP contribution is 2.26. The minimum absolute atomic E-state index is 0.101. The zero-order chi connectivity index (χ0) is 24.0. The predicted octanol–water partition coefficient (Wildman–Crippen LogP) is 5.22. The zero-order valence-corrected chi connectivity index (χ0v) is 20.5. The van der Waals surface area contributed by atoms with Gasteiger partial charge in [0, 0.05) is 10.0 Å².